The van der Waals surface area contributed by atoms with Crippen molar-refractivity contribution in [1.29, 1.82) is 0 Å². The summed E-state index contributed by atoms with van der Waals surface area (Å²) in [5.41, 5.74) is 2.37. The molecule has 1 unspecified atom stereocenters. The summed E-state index contributed by atoms with van der Waals surface area (Å²) in [5, 5.41) is 5.59. The molecule has 0 saturated carbocycles. The summed E-state index contributed by atoms with van der Waals surface area (Å²) in [4.78, 5) is 31.5. The highest BCUT2D eigenvalue weighted by Gasteiger charge is 2.25. The van der Waals surface area contributed by atoms with E-state index in [4.69, 9.17) is 4.74 Å². The average Bonchev–Trinajstić information content (AvgIpc) is 2.76. The number of aryl methyl sites for hydroxylation is 1. The fourth-order valence-corrected chi connectivity index (χ4v) is 3.88. The highest BCUT2D eigenvalue weighted by atomic mass is 16.5. The van der Waals surface area contributed by atoms with Crippen molar-refractivity contribution in [2.24, 2.45) is 0 Å². The van der Waals surface area contributed by atoms with Gasteiger partial charge in [-0.1, -0.05) is 29.8 Å². The van der Waals surface area contributed by atoms with E-state index in [0.717, 1.165) is 64.6 Å². The summed E-state index contributed by atoms with van der Waals surface area (Å²) < 4.78 is 5.32. The molecule has 2 aliphatic heterocycles. The standard InChI is InChI=1S/C22H35N5O3/c1-18-3-5-19(6-4-18)20(27-11-9-25(2)10-12-27)17-24-22(29)21(28)23-7-8-26-13-15-30-16-14-26/h3-6,20H,7-17H2,1-2H3,(H,23,28)(H,24,29). The maximum Gasteiger partial charge on any atom is 0.309 e. The third-order valence-electron chi connectivity index (χ3n) is 5.92. The predicted molar refractivity (Wildman–Crippen MR) is 116 cm³/mol. The van der Waals surface area contributed by atoms with Crippen LogP contribution in [0.25, 0.3) is 0 Å². The zero-order chi connectivity index (χ0) is 21.3. The molecule has 166 valence electrons. The molecule has 0 aromatic heterocycles. The van der Waals surface area contributed by atoms with E-state index in [0.29, 0.717) is 13.1 Å². The number of benzene rings is 1. The lowest BCUT2D eigenvalue weighted by molar-refractivity contribution is -0.139. The number of hydrogen-bond acceptors (Lipinski definition) is 6. The lowest BCUT2D eigenvalue weighted by atomic mass is 10.0. The molecule has 2 amide bonds. The molecule has 2 N–H and O–H groups in total. The number of nitrogens with zero attached hydrogens (tertiary/aromatic N) is 3. The van der Waals surface area contributed by atoms with Crippen molar-refractivity contribution in [3.05, 3.63) is 35.4 Å². The average molecular weight is 418 g/mol. The Hall–Kier alpha value is -2.00. The summed E-state index contributed by atoms with van der Waals surface area (Å²) in [5.74, 6) is -1.13. The van der Waals surface area contributed by atoms with Crippen LogP contribution in [0.3, 0.4) is 0 Å². The lowest BCUT2D eigenvalue weighted by Gasteiger charge is -2.38. The Bertz CT molecular complexity index is 683. The van der Waals surface area contributed by atoms with Crippen molar-refractivity contribution < 1.29 is 14.3 Å². The largest absolute Gasteiger partial charge is 0.379 e. The summed E-state index contributed by atoms with van der Waals surface area (Å²) in [6.45, 7) is 10.7. The van der Waals surface area contributed by atoms with Crippen molar-refractivity contribution >= 4 is 11.8 Å². The minimum absolute atomic E-state index is 0.0596. The normalized spacial score (nSPS) is 19.9. The molecule has 8 nitrogen and oxygen atoms in total. The Balaban J connectivity index is 1.50. The van der Waals surface area contributed by atoms with Crippen molar-refractivity contribution in [2.75, 3.05) is 79.2 Å². The fraction of sp³-hybridized carbons (Fsp3) is 0.636. The minimum atomic E-state index is -0.566. The first-order chi connectivity index (χ1) is 14.5. The van der Waals surface area contributed by atoms with E-state index in [1.54, 1.807) is 0 Å². The second-order valence-corrected chi connectivity index (χ2v) is 8.19. The van der Waals surface area contributed by atoms with Crippen LogP contribution < -0.4 is 10.6 Å². The van der Waals surface area contributed by atoms with Crippen LogP contribution in [0.4, 0.5) is 0 Å². The number of likely N-dealkylation sites (N-methyl/N-ethyl adjacent to an activating group) is 1. The molecule has 3 rings (SSSR count). The topological polar surface area (TPSA) is 77.1 Å². The van der Waals surface area contributed by atoms with E-state index in [1.165, 1.54) is 5.56 Å². The van der Waals surface area contributed by atoms with Gasteiger partial charge in [0.1, 0.15) is 0 Å². The summed E-state index contributed by atoms with van der Waals surface area (Å²) in [7, 11) is 2.13. The number of piperazine rings is 1. The molecule has 1 atom stereocenters. The molecular formula is C22H35N5O3. The van der Waals surface area contributed by atoms with Crippen LogP contribution >= 0.6 is 0 Å². The Morgan fingerprint density at radius 2 is 1.60 bits per heavy atom. The van der Waals surface area contributed by atoms with Gasteiger partial charge in [-0.05, 0) is 19.5 Å². The van der Waals surface area contributed by atoms with Crippen LogP contribution in [-0.4, -0.2) is 106 Å². The van der Waals surface area contributed by atoms with Gasteiger partial charge in [-0.3, -0.25) is 19.4 Å². The van der Waals surface area contributed by atoms with Crippen LogP contribution in [0.1, 0.15) is 17.2 Å². The molecule has 2 aliphatic rings. The molecule has 0 bridgehead atoms. The minimum Gasteiger partial charge on any atom is -0.379 e. The molecule has 30 heavy (non-hydrogen) atoms. The molecule has 2 saturated heterocycles. The van der Waals surface area contributed by atoms with Crippen molar-refractivity contribution in [3.8, 4) is 0 Å². The number of rotatable bonds is 7. The van der Waals surface area contributed by atoms with E-state index in [-0.39, 0.29) is 6.04 Å². The molecule has 0 spiro atoms. The second kappa shape index (κ2) is 11.4. The maximum atomic E-state index is 12.4. The predicted octanol–water partition coefficient (Wildman–Crippen LogP) is -0.152. The number of amides is 2. The van der Waals surface area contributed by atoms with Gasteiger partial charge in [-0.15, -0.1) is 0 Å². The zero-order valence-corrected chi connectivity index (χ0v) is 18.2. The van der Waals surface area contributed by atoms with Crippen molar-refractivity contribution in [2.45, 2.75) is 13.0 Å². The van der Waals surface area contributed by atoms with Crippen LogP contribution in [0, 0.1) is 6.92 Å². The van der Waals surface area contributed by atoms with Gasteiger partial charge in [0.2, 0.25) is 0 Å². The van der Waals surface area contributed by atoms with Crippen LogP contribution in [0.15, 0.2) is 24.3 Å². The fourth-order valence-electron chi connectivity index (χ4n) is 3.88. The van der Waals surface area contributed by atoms with E-state index in [1.807, 2.05) is 0 Å². The summed E-state index contributed by atoms with van der Waals surface area (Å²) in [6.07, 6.45) is 0. The highest BCUT2D eigenvalue weighted by molar-refractivity contribution is 6.35. The molecule has 2 fully saturated rings. The van der Waals surface area contributed by atoms with Crippen molar-refractivity contribution in [3.63, 3.8) is 0 Å². The molecule has 2 heterocycles. The van der Waals surface area contributed by atoms with Gasteiger partial charge in [0, 0.05) is 58.9 Å². The number of morpholine rings is 1. The SMILES string of the molecule is Cc1ccc(C(CNC(=O)C(=O)NCCN2CCOCC2)N2CCN(C)CC2)cc1. The first kappa shape index (κ1) is 22.7. The first-order valence-electron chi connectivity index (χ1n) is 10.9. The van der Waals surface area contributed by atoms with E-state index in [9.17, 15) is 9.59 Å². The van der Waals surface area contributed by atoms with E-state index >= 15 is 0 Å². The molecule has 0 aliphatic carbocycles. The highest BCUT2D eigenvalue weighted by Crippen LogP contribution is 2.22. The maximum absolute atomic E-state index is 12.4. The third-order valence-corrected chi connectivity index (χ3v) is 5.92. The van der Waals surface area contributed by atoms with Gasteiger partial charge in [-0.2, -0.15) is 0 Å². The summed E-state index contributed by atoms with van der Waals surface area (Å²) in [6, 6.07) is 8.49. The van der Waals surface area contributed by atoms with E-state index < -0.39 is 11.8 Å². The van der Waals surface area contributed by atoms with Crippen molar-refractivity contribution in [1.82, 2.24) is 25.3 Å². The van der Waals surface area contributed by atoms with Gasteiger partial charge >= 0.3 is 11.8 Å². The number of nitrogens with one attached hydrogen (secondary N) is 2. The molecule has 8 heteroatoms. The van der Waals surface area contributed by atoms with Gasteiger partial charge < -0.3 is 20.3 Å². The van der Waals surface area contributed by atoms with Gasteiger partial charge in [0.15, 0.2) is 0 Å². The van der Waals surface area contributed by atoms with Gasteiger partial charge in [0.25, 0.3) is 0 Å². The Morgan fingerprint density at radius 3 is 2.27 bits per heavy atom. The number of carbonyl (C=O) groups is 2. The molecule has 1 aromatic rings. The number of ether oxygens (including phenoxy) is 1. The zero-order valence-electron chi connectivity index (χ0n) is 18.2. The van der Waals surface area contributed by atoms with Crippen LogP contribution in [-0.2, 0) is 14.3 Å². The summed E-state index contributed by atoms with van der Waals surface area (Å²) >= 11 is 0. The Kier molecular flexibility index (Phi) is 8.62. The number of hydrogen-bond donors (Lipinski definition) is 2. The van der Waals surface area contributed by atoms with Gasteiger partial charge in [-0.25, -0.2) is 0 Å². The third kappa shape index (κ3) is 6.77. The quantitative estimate of drug-likeness (QED) is 0.601. The van der Waals surface area contributed by atoms with Crippen LogP contribution in [0.2, 0.25) is 0 Å². The first-order valence-corrected chi connectivity index (χ1v) is 10.9. The van der Waals surface area contributed by atoms with E-state index in [2.05, 4.69) is 63.6 Å². The molecule has 1 aromatic carbocycles. The smallest absolute Gasteiger partial charge is 0.309 e. The Morgan fingerprint density at radius 1 is 0.967 bits per heavy atom. The number of carbonyl (C=O) groups excluding carboxylic acids is 2. The lowest BCUT2D eigenvalue weighted by Crippen LogP contribution is -2.50. The Labute approximate surface area is 179 Å². The molecule has 0 radical (unpaired) electrons. The van der Waals surface area contributed by atoms with Gasteiger partial charge in [0.05, 0.1) is 19.3 Å². The van der Waals surface area contributed by atoms with Crippen LogP contribution in [0.5, 0.6) is 0 Å². The molecular weight excluding hydrogens is 382 g/mol. The monoisotopic (exact) mass is 417 g/mol. The second-order valence-electron chi connectivity index (χ2n) is 8.19.